The number of nitrogens with zero attached hydrogens (tertiary/aromatic N) is 3. The van der Waals surface area contributed by atoms with E-state index in [4.69, 9.17) is 4.74 Å². The van der Waals surface area contributed by atoms with Crippen molar-refractivity contribution >= 4 is 33.0 Å². The molecule has 0 spiro atoms. The highest BCUT2D eigenvalue weighted by Gasteiger charge is 2.14. The van der Waals surface area contributed by atoms with Gasteiger partial charge in [-0.25, -0.2) is 9.67 Å². The second-order valence-electron chi connectivity index (χ2n) is 4.57. The van der Waals surface area contributed by atoms with E-state index in [0.717, 1.165) is 9.88 Å². The minimum absolute atomic E-state index is 0.0102. The molecule has 0 radical (unpaired) electrons. The molecule has 0 amide bonds. The van der Waals surface area contributed by atoms with Crippen molar-refractivity contribution in [3.8, 4) is 0 Å². The second-order valence-corrected chi connectivity index (χ2v) is 6.63. The van der Waals surface area contributed by atoms with Gasteiger partial charge in [0.15, 0.2) is 0 Å². The van der Waals surface area contributed by atoms with Crippen LogP contribution >= 0.6 is 27.3 Å². The standard InChI is InChI=1S/C13H17BrN4O2S/c1-8-6-15-12(21-8)9(2)17-10-7-16-18(4-5-20-3)13(19)11(10)14/h6-7,9,17H,4-5H2,1-3H3. The van der Waals surface area contributed by atoms with Crippen molar-refractivity contribution in [2.45, 2.75) is 26.4 Å². The third-order valence-electron chi connectivity index (χ3n) is 2.87. The third-order valence-corrected chi connectivity index (χ3v) is 4.74. The quantitative estimate of drug-likeness (QED) is 0.843. The van der Waals surface area contributed by atoms with Crippen molar-refractivity contribution in [3.63, 3.8) is 0 Å². The van der Waals surface area contributed by atoms with Crippen LogP contribution in [0.4, 0.5) is 5.69 Å². The molecular formula is C13H17BrN4O2S. The van der Waals surface area contributed by atoms with Crippen LogP contribution in [0.2, 0.25) is 0 Å². The first-order valence-electron chi connectivity index (χ1n) is 6.46. The summed E-state index contributed by atoms with van der Waals surface area (Å²) >= 11 is 4.97. The van der Waals surface area contributed by atoms with Crippen molar-refractivity contribution in [2.75, 3.05) is 19.0 Å². The van der Waals surface area contributed by atoms with Gasteiger partial charge in [-0.2, -0.15) is 5.10 Å². The SMILES string of the molecule is COCCn1ncc(NC(C)c2ncc(C)s2)c(Br)c1=O. The average Bonchev–Trinajstić information content (AvgIpc) is 2.90. The van der Waals surface area contributed by atoms with Crippen LogP contribution in [0.25, 0.3) is 0 Å². The lowest BCUT2D eigenvalue weighted by Crippen LogP contribution is -2.26. The molecule has 0 saturated carbocycles. The number of hydrogen-bond donors (Lipinski definition) is 1. The summed E-state index contributed by atoms with van der Waals surface area (Å²) in [5, 5.41) is 8.38. The number of aryl methyl sites for hydroxylation is 1. The van der Waals surface area contributed by atoms with Crippen LogP contribution in [-0.2, 0) is 11.3 Å². The summed E-state index contributed by atoms with van der Waals surface area (Å²) < 4.78 is 6.80. The molecule has 0 fully saturated rings. The molecule has 1 unspecified atom stereocenters. The van der Waals surface area contributed by atoms with Gasteiger partial charge in [-0.1, -0.05) is 0 Å². The largest absolute Gasteiger partial charge is 0.383 e. The van der Waals surface area contributed by atoms with Gasteiger partial charge in [0.25, 0.3) is 5.56 Å². The maximum Gasteiger partial charge on any atom is 0.283 e. The highest BCUT2D eigenvalue weighted by atomic mass is 79.9. The molecule has 0 aliphatic rings. The summed E-state index contributed by atoms with van der Waals surface area (Å²) in [5.74, 6) is 0. The Morgan fingerprint density at radius 1 is 1.52 bits per heavy atom. The normalized spacial score (nSPS) is 12.4. The summed E-state index contributed by atoms with van der Waals surface area (Å²) in [6.45, 7) is 4.89. The highest BCUT2D eigenvalue weighted by Crippen LogP contribution is 2.25. The first kappa shape index (κ1) is 16.1. The van der Waals surface area contributed by atoms with E-state index in [2.05, 4.69) is 31.3 Å². The third kappa shape index (κ3) is 3.90. The topological polar surface area (TPSA) is 69.0 Å². The van der Waals surface area contributed by atoms with Crippen molar-refractivity contribution < 1.29 is 4.74 Å². The minimum atomic E-state index is -0.181. The number of anilines is 1. The number of halogens is 1. The molecular weight excluding hydrogens is 356 g/mol. The van der Waals surface area contributed by atoms with E-state index >= 15 is 0 Å². The number of rotatable bonds is 6. The van der Waals surface area contributed by atoms with Gasteiger partial charge in [-0.05, 0) is 29.8 Å². The van der Waals surface area contributed by atoms with E-state index in [9.17, 15) is 4.79 Å². The Bertz CT molecular complexity index is 670. The Kier molecular flexibility index (Phi) is 5.49. The Balaban J connectivity index is 2.17. The zero-order valence-electron chi connectivity index (χ0n) is 12.1. The Morgan fingerprint density at radius 2 is 2.29 bits per heavy atom. The fourth-order valence-corrected chi connectivity index (χ4v) is 2.97. The molecule has 0 aromatic carbocycles. The second kappa shape index (κ2) is 7.15. The van der Waals surface area contributed by atoms with Gasteiger partial charge in [-0.15, -0.1) is 11.3 Å². The maximum atomic E-state index is 12.2. The van der Waals surface area contributed by atoms with Crippen molar-refractivity contribution in [1.82, 2.24) is 14.8 Å². The molecule has 0 saturated heterocycles. The summed E-state index contributed by atoms with van der Waals surface area (Å²) in [6.07, 6.45) is 3.48. The first-order chi connectivity index (χ1) is 10.0. The molecule has 6 nitrogen and oxygen atoms in total. The number of nitrogens with one attached hydrogen (secondary N) is 1. The van der Waals surface area contributed by atoms with Crippen molar-refractivity contribution in [2.24, 2.45) is 0 Å². The summed E-state index contributed by atoms with van der Waals surface area (Å²) in [4.78, 5) is 17.7. The lowest BCUT2D eigenvalue weighted by molar-refractivity contribution is 0.181. The molecule has 2 rings (SSSR count). The fourth-order valence-electron chi connectivity index (χ4n) is 1.77. The van der Waals surface area contributed by atoms with Gasteiger partial charge in [0.2, 0.25) is 0 Å². The van der Waals surface area contributed by atoms with Gasteiger partial charge in [0.1, 0.15) is 9.48 Å². The molecule has 0 bridgehead atoms. The molecule has 2 heterocycles. The zero-order valence-corrected chi connectivity index (χ0v) is 14.5. The van der Waals surface area contributed by atoms with Crippen molar-refractivity contribution in [3.05, 3.63) is 37.1 Å². The predicted molar refractivity (Wildman–Crippen MR) is 87.0 cm³/mol. The summed E-state index contributed by atoms with van der Waals surface area (Å²) in [6, 6.07) is 0.0102. The van der Waals surface area contributed by atoms with Crippen LogP contribution in [0.5, 0.6) is 0 Å². The van der Waals surface area contributed by atoms with Crippen LogP contribution in [0.3, 0.4) is 0 Å². The summed E-state index contributed by atoms with van der Waals surface area (Å²) in [7, 11) is 1.59. The van der Waals surface area contributed by atoms with Crippen LogP contribution < -0.4 is 10.9 Å². The maximum absolute atomic E-state index is 12.2. The molecule has 2 aromatic rings. The fraction of sp³-hybridized carbons (Fsp3) is 0.462. The van der Waals surface area contributed by atoms with Gasteiger partial charge in [0.05, 0.1) is 31.1 Å². The number of thiazole rings is 1. The Labute approximate surface area is 135 Å². The van der Waals surface area contributed by atoms with Gasteiger partial charge >= 0.3 is 0 Å². The van der Waals surface area contributed by atoms with Crippen LogP contribution in [0, 0.1) is 6.92 Å². The summed E-state index contributed by atoms with van der Waals surface area (Å²) in [5.41, 5.74) is 0.480. The number of hydrogen-bond acceptors (Lipinski definition) is 6. The first-order valence-corrected chi connectivity index (χ1v) is 8.07. The number of methoxy groups -OCH3 is 1. The molecule has 1 N–H and O–H groups in total. The van der Waals surface area contributed by atoms with Gasteiger partial charge in [0, 0.05) is 18.2 Å². The van der Waals surface area contributed by atoms with Gasteiger partial charge in [-0.3, -0.25) is 4.79 Å². The Hall–Kier alpha value is -1.25. The van der Waals surface area contributed by atoms with E-state index in [0.29, 0.717) is 23.3 Å². The predicted octanol–water partition coefficient (Wildman–Crippen LogP) is 2.59. The van der Waals surface area contributed by atoms with Crippen LogP contribution in [-0.4, -0.2) is 28.5 Å². The molecule has 0 aliphatic carbocycles. The van der Waals surface area contributed by atoms with E-state index in [1.807, 2.05) is 20.0 Å². The van der Waals surface area contributed by atoms with Crippen molar-refractivity contribution in [1.29, 1.82) is 0 Å². The number of ether oxygens (including phenoxy) is 1. The molecule has 0 aliphatic heterocycles. The molecule has 8 heteroatoms. The minimum Gasteiger partial charge on any atom is -0.383 e. The van der Waals surface area contributed by atoms with Gasteiger partial charge < -0.3 is 10.1 Å². The van der Waals surface area contributed by atoms with E-state index < -0.39 is 0 Å². The Morgan fingerprint density at radius 3 is 2.90 bits per heavy atom. The van der Waals surface area contributed by atoms with Crippen LogP contribution in [0.1, 0.15) is 22.9 Å². The monoisotopic (exact) mass is 372 g/mol. The van der Waals surface area contributed by atoms with E-state index in [1.54, 1.807) is 24.6 Å². The zero-order chi connectivity index (χ0) is 15.4. The molecule has 21 heavy (non-hydrogen) atoms. The molecule has 2 aromatic heterocycles. The smallest absolute Gasteiger partial charge is 0.283 e. The highest BCUT2D eigenvalue weighted by molar-refractivity contribution is 9.10. The van der Waals surface area contributed by atoms with Crippen LogP contribution in [0.15, 0.2) is 21.7 Å². The molecule has 1 atom stereocenters. The van der Waals surface area contributed by atoms with E-state index in [1.165, 1.54) is 4.68 Å². The average molecular weight is 373 g/mol. The number of aromatic nitrogens is 3. The lowest BCUT2D eigenvalue weighted by atomic mass is 10.3. The van der Waals surface area contributed by atoms with E-state index in [-0.39, 0.29) is 11.6 Å². The molecule has 114 valence electrons. The lowest BCUT2D eigenvalue weighted by Gasteiger charge is -2.14.